The molecule has 0 saturated carbocycles. The monoisotopic (exact) mass is 420 g/mol. The SMILES string of the molecule is CCOC(=O)N1CCC(NS(=O)(=O)c2cc(Br)ccc2OC)CC1. The van der Waals surface area contributed by atoms with Crippen molar-refractivity contribution in [3.63, 3.8) is 0 Å². The van der Waals surface area contributed by atoms with Gasteiger partial charge < -0.3 is 14.4 Å². The number of hydrogen-bond donors (Lipinski definition) is 1. The van der Waals surface area contributed by atoms with E-state index in [9.17, 15) is 13.2 Å². The van der Waals surface area contributed by atoms with Crippen LogP contribution >= 0.6 is 15.9 Å². The van der Waals surface area contributed by atoms with Crippen LogP contribution in [0.1, 0.15) is 19.8 Å². The normalized spacial score (nSPS) is 16.0. The van der Waals surface area contributed by atoms with E-state index in [2.05, 4.69) is 20.7 Å². The van der Waals surface area contributed by atoms with Gasteiger partial charge in [-0.1, -0.05) is 15.9 Å². The Morgan fingerprint density at radius 3 is 2.62 bits per heavy atom. The minimum absolute atomic E-state index is 0.0900. The highest BCUT2D eigenvalue weighted by Crippen LogP contribution is 2.28. The van der Waals surface area contributed by atoms with Crippen LogP contribution in [0.4, 0.5) is 4.79 Å². The number of rotatable bonds is 5. The van der Waals surface area contributed by atoms with Gasteiger partial charge in [-0.15, -0.1) is 0 Å². The summed E-state index contributed by atoms with van der Waals surface area (Å²) in [5.41, 5.74) is 0. The number of carbonyl (C=O) groups is 1. The number of methoxy groups -OCH3 is 1. The molecule has 1 saturated heterocycles. The molecule has 134 valence electrons. The fraction of sp³-hybridized carbons (Fsp3) is 0.533. The molecule has 1 aliphatic heterocycles. The first-order chi connectivity index (χ1) is 11.4. The molecule has 0 spiro atoms. The van der Waals surface area contributed by atoms with E-state index >= 15 is 0 Å². The summed E-state index contributed by atoms with van der Waals surface area (Å²) < 4.78 is 38.7. The molecule has 1 N–H and O–H groups in total. The lowest BCUT2D eigenvalue weighted by Crippen LogP contribution is -2.46. The number of benzene rings is 1. The standard InChI is InChI=1S/C15H21BrN2O5S/c1-3-23-15(19)18-8-6-12(7-9-18)17-24(20,21)14-10-11(16)4-5-13(14)22-2/h4-5,10,12,17H,3,6-9H2,1-2H3. The number of amides is 1. The highest BCUT2D eigenvalue weighted by molar-refractivity contribution is 9.10. The van der Waals surface area contributed by atoms with Crippen LogP contribution in [0.15, 0.2) is 27.6 Å². The van der Waals surface area contributed by atoms with Crippen LogP contribution in [0.2, 0.25) is 0 Å². The summed E-state index contributed by atoms with van der Waals surface area (Å²) in [7, 11) is -2.28. The van der Waals surface area contributed by atoms with Gasteiger partial charge in [0, 0.05) is 23.6 Å². The van der Waals surface area contributed by atoms with Gasteiger partial charge in [0.25, 0.3) is 0 Å². The Balaban J connectivity index is 2.04. The number of carbonyl (C=O) groups excluding carboxylic acids is 1. The van der Waals surface area contributed by atoms with Gasteiger partial charge in [-0.3, -0.25) is 0 Å². The van der Waals surface area contributed by atoms with E-state index < -0.39 is 10.0 Å². The molecule has 0 aromatic heterocycles. The molecule has 1 aromatic carbocycles. The Morgan fingerprint density at radius 1 is 1.38 bits per heavy atom. The van der Waals surface area contributed by atoms with Crippen molar-refractivity contribution in [1.29, 1.82) is 0 Å². The summed E-state index contributed by atoms with van der Waals surface area (Å²) in [6.07, 6.45) is 0.718. The van der Waals surface area contributed by atoms with E-state index in [0.717, 1.165) is 0 Å². The predicted octanol–water partition coefficient (Wildman–Crippen LogP) is 2.36. The third-order valence-corrected chi connectivity index (χ3v) is 5.79. The molecule has 0 radical (unpaired) electrons. The Hall–Kier alpha value is -1.32. The van der Waals surface area contributed by atoms with Crippen LogP contribution in [-0.4, -0.2) is 52.3 Å². The van der Waals surface area contributed by atoms with Gasteiger partial charge >= 0.3 is 6.09 Å². The number of sulfonamides is 1. The Morgan fingerprint density at radius 2 is 2.04 bits per heavy atom. The van der Waals surface area contributed by atoms with E-state index in [4.69, 9.17) is 9.47 Å². The average molecular weight is 421 g/mol. The number of ether oxygens (including phenoxy) is 2. The summed E-state index contributed by atoms with van der Waals surface area (Å²) in [4.78, 5) is 13.4. The maximum Gasteiger partial charge on any atom is 0.409 e. The van der Waals surface area contributed by atoms with Gasteiger partial charge in [-0.25, -0.2) is 17.9 Å². The van der Waals surface area contributed by atoms with Crippen molar-refractivity contribution in [3.05, 3.63) is 22.7 Å². The molecule has 1 amide bonds. The third-order valence-electron chi connectivity index (χ3n) is 3.76. The molecule has 9 heteroatoms. The molecule has 2 rings (SSSR count). The molecule has 0 bridgehead atoms. The Bertz CT molecular complexity index is 687. The van der Waals surface area contributed by atoms with Crippen LogP contribution in [0, 0.1) is 0 Å². The molecule has 24 heavy (non-hydrogen) atoms. The second-order valence-electron chi connectivity index (χ2n) is 5.38. The lowest BCUT2D eigenvalue weighted by molar-refractivity contribution is 0.0966. The molecule has 1 aliphatic rings. The van der Waals surface area contributed by atoms with E-state index in [1.165, 1.54) is 13.2 Å². The van der Waals surface area contributed by atoms with Gasteiger partial charge in [0.05, 0.1) is 13.7 Å². The predicted molar refractivity (Wildman–Crippen MR) is 92.6 cm³/mol. The fourth-order valence-electron chi connectivity index (χ4n) is 2.54. The summed E-state index contributed by atoms with van der Waals surface area (Å²) >= 11 is 3.28. The number of nitrogens with one attached hydrogen (secondary N) is 1. The maximum absolute atomic E-state index is 12.6. The van der Waals surface area contributed by atoms with Crippen LogP contribution in [0.25, 0.3) is 0 Å². The van der Waals surface area contributed by atoms with Crippen molar-refractivity contribution in [1.82, 2.24) is 9.62 Å². The largest absolute Gasteiger partial charge is 0.495 e. The van der Waals surface area contributed by atoms with E-state index in [0.29, 0.717) is 37.0 Å². The van der Waals surface area contributed by atoms with Gasteiger partial charge in [0.15, 0.2) is 0 Å². The van der Waals surface area contributed by atoms with Crippen molar-refractivity contribution >= 4 is 32.0 Å². The Labute approximate surface area is 150 Å². The number of nitrogens with zero attached hydrogens (tertiary/aromatic N) is 1. The molecule has 1 fully saturated rings. The molecule has 1 heterocycles. The highest BCUT2D eigenvalue weighted by atomic mass is 79.9. The number of halogens is 1. The highest BCUT2D eigenvalue weighted by Gasteiger charge is 2.28. The lowest BCUT2D eigenvalue weighted by atomic mass is 10.1. The summed E-state index contributed by atoms with van der Waals surface area (Å²) in [5.74, 6) is 0.287. The second kappa shape index (κ2) is 8.17. The molecule has 0 atom stereocenters. The van der Waals surface area contributed by atoms with Crippen LogP contribution < -0.4 is 9.46 Å². The first-order valence-corrected chi connectivity index (χ1v) is 9.92. The molecular weight excluding hydrogens is 400 g/mol. The zero-order valence-corrected chi connectivity index (χ0v) is 16.0. The van der Waals surface area contributed by atoms with Gasteiger partial charge in [0.2, 0.25) is 10.0 Å². The fourth-order valence-corrected chi connectivity index (χ4v) is 4.55. The first-order valence-electron chi connectivity index (χ1n) is 7.65. The summed E-state index contributed by atoms with van der Waals surface area (Å²) in [6.45, 7) is 3.00. The molecule has 0 aliphatic carbocycles. The number of piperidine rings is 1. The molecule has 1 aromatic rings. The van der Waals surface area contributed by atoms with E-state index in [-0.39, 0.29) is 22.8 Å². The number of hydrogen-bond acceptors (Lipinski definition) is 5. The first kappa shape index (κ1) is 19.0. The van der Waals surface area contributed by atoms with E-state index in [1.54, 1.807) is 24.0 Å². The van der Waals surface area contributed by atoms with Crippen LogP contribution in [0.5, 0.6) is 5.75 Å². The third kappa shape index (κ3) is 4.61. The van der Waals surface area contributed by atoms with Crippen molar-refractivity contribution in [3.8, 4) is 5.75 Å². The van der Waals surface area contributed by atoms with E-state index in [1.807, 2.05) is 0 Å². The summed E-state index contributed by atoms with van der Waals surface area (Å²) in [5, 5.41) is 0. The van der Waals surface area contributed by atoms with Crippen LogP contribution in [-0.2, 0) is 14.8 Å². The second-order valence-corrected chi connectivity index (χ2v) is 7.97. The average Bonchev–Trinajstić information content (AvgIpc) is 2.55. The van der Waals surface area contributed by atoms with Crippen molar-refractivity contribution in [2.45, 2.75) is 30.7 Å². The minimum atomic E-state index is -3.71. The molecular formula is C15H21BrN2O5S. The molecule has 7 nitrogen and oxygen atoms in total. The minimum Gasteiger partial charge on any atom is -0.495 e. The smallest absolute Gasteiger partial charge is 0.409 e. The van der Waals surface area contributed by atoms with Crippen LogP contribution in [0.3, 0.4) is 0 Å². The zero-order chi connectivity index (χ0) is 17.7. The maximum atomic E-state index is 12.6. The van der Waals surface area contributed by atoms with Crippen molar-refractivity contribution < 1.29 is 22.7 Å². The number of likely N-dealkylation sites (tertiary alicyclic amines) is 1. The zero-order valence-electron chi connectivity index (χ0n) is 13.6. The molecule has 0 unspecified atom stereocenters. The Kier molecular flexibility index (Phi) is 6.47. The lowest BCUT2D eigenvalue weighted by Gasteiger charge is -2.31. The van der Waals surface area contributed by atoms with Gasteiger partial charge in [-0.05, 0) is 38.0 Å². The summed E-state index contributed by atoms with van der Waals surface area (Å²) in [6, 6.07) is 4.59. The quantitative estimate of drug-likeness (QED) is 0.789. The van der Waals surface area contributed by atoms with Gasteiger partial charge in [0.1, 0.15) is 10.6 Å². The van der Waals surface area contributed by atoms with Crippen molar-refractivity contribution in [2.24, 2.45) is 0 Å². The van der Waals surface area contributed by atoms with Gasteiger partial charge in [-0.2, -0.15) is 0 Å². The topological polar surface area (TPSA) is 84.9 Å². The van der Waals surface area contributed by atoms with Crippen molar-refractivity contribution in [2.75, 3.05) is 26.8 Å².